The van der Waals surface area contributed by atoms with Crippen LogP contribution in [0.2, 0.25) is 0 Å². The van der Waals surface area contributed by atoms with Crippen LogP contribution in [0.3, 0.4) is 0 Å². The van der Waals surface area contributed by atoms with Gasteiger partial charge in [0.05, 0.1) is 6.04 Å². The Hall–Kier alpha value is -2.65. The Morgan fingerprint density at radius 1 is 0.741 bits per heavy atom. The van der Waals surface area contributed by atoms with Crippen LogP contribution in [0, 0.1) is 6.92 Å². The molecular weight excluding hydrogens is 348 g/mol. The summed E-state index contributed by atoms with van der Waals surface area (Å²) in [6.07, 6.45) is 0. The Morgan fingerprint density at radius 2 is 1.30 bits per heavy atom. The fourth-order valence-corrected chi connectivity index (χ4v) is 3.25. The zero-order valence-corrected chi connectivity index (χ0v) is 16.9. The first-order valence-electron chi connectivity index (χ1n) is 9.32. The average Bonchev–Trinajstić information content (AvgIpc) is 2.68. The van der Waals surface area contributed by atoms with E-state index in [1.807, 2.05) is 6.07 Å². The lowest BCUT2D eigenvalue weighted by atomic mass is 9.98. The summed E-state index contributed by atoms with van der Waals surface area (Å²) in [5.41, 5.74) is 5.93. The second-order valence-electron chi connectivity index (χ2n) is 7.13. The zero-order valence-electron chi connectivity index (χ0n) is 16.1. The number of thiocarbonyl (C=S) groups is 1. The van der Waals surface area contributed by atoms with Crippen LogP contribution in [0.4, 0.5) is 5.69 Å². The summed E-state index contributed by atoms with van der Waals surface area (Å²) in [7, 11) is 0. The molecule has 0 aliphatic rings. The summed E-state index contributed by atoms with van der Waals surface area (Å²) >= 11 is 5.60. The van der Waals surface area contributed by atoms with Gasteiger partial charge in [-0.1, -0.05) is 86.1 Å². The number of benzene rings is 3. The van der Waals surface area contributed by atoms with E-state index in [1.54, 1.807) is 0 Å². The van der Waals surface area contributed by atoms with Crippen molar-refractivity contribution in [3.8, 4) is 0 Å². The van der Waals surface area contributed by atoms with Crippen LogP contribution in [-0.2, 0) is 0 Å². The third-order valence-corrected chi connectivity index (χ3v) is 4.87. The third-order valence-electron chi connectivity index (χ3n) is 4.65. The van der Waals surface area contributed by atoms with Crippen molar-refractivity contribution in [3.05, 3.63) is 101 Å². The highest BCUT2D eigenvalue weighted by molar-refractivity contribution is 7.80. The summed E-state index contributed by atoms with van der Waals surface area (Å²) < 4.78 is 0. The molecule has 1 atom stereocenters. The first-order valence-corrected chi connectivity index (χ1v) is 9.73. The van der Waals surface area contributed by atoms with E-state index >= 15 is 0 Å². The number of rotatable bonds is 5. The molecule has 0 aliphatic heterocycles. The lowest BCUT2D eigenvalue weighted by Gasteiger charge is -2.22. The number of aryl methyl sites for hydroxylation is 1. The van der Waals surface area contributed by atoms with E-state index in [2.05, 4.69) is 104 Å². The van der Waals surface area contributed by atoms with Gasteiger partial charge >= 0.3 is 0 Å². The Kier molecular flexibility index (Phi) is 6.25. The van der Waals surface area contributed by atoms with Crippen molar-refractivity contribution in [1.82, 2.24) is 5.32 Å². The second-order valence-corrected chi connectivity index (χ2v) is 7.54. The Bertz CT molecular complexity index is 869. The summed E-state index contributed by atoms with van der Waals surface area (Å²) in [5.74, 6) is 0.521. The molecule has 0 spiro atoms. The predicted molar refractivity (Wildman–Crippen MR) is 119 cm³/mol. The predicted octanol–water partition coefficient (Wildman–Crippen LogP) is 6.19. The minimum Gasteiger partial charge on any atom is -0.352 e. The van der Waals surface area contributed by atoms with Crippen LogP contribution >= 0.6 is 12.2 Å². The molecule has 0 unspecified atom stereocenters. The molecule has 2 N–H and O–H groups in total. The van der Waals surface area contributed by atoms with Gasteiger partial charge in [0.1, 0.15) is 0 Å². The molecule has 2 nitrogen and oxygen atoms in total. The van der Waals surface area contributed by atoms with Crippen molar-refractivity contribution in [1.29, 1.82) is 0 Å². The second kappa shape index (κ2) is 8.83. The fraction of sp³-hybridized carbons (Fsp3) is 0.208. The van der Waals surface area contributed by atoms with E-state index in [9.17, 15) is 0 Å². The first kappa shape index (κ1) is 19.1. The van der Waals surface area contributed by atoms with Crippen LogP contribution < -0.4 is 10.6 Å². The highest BCUT2D eigenvalue weighted by Gasteiger charge is 2.15. The summed E-state index contributed by atoms with van der Waals surface area (Å²) in [6, 6.07) is 27.4. The molecule has 0 bridgehead atoms. The standard InChI is InChI=1S/C24H26N2S/c1-17(2)19-13-15-22(16-14-19)25-24(27)26-23(20-7-5-4-6-8-20)21-11-9-18(3)10-12-21/h4-17,23H,1-3H3,(H2,25,26,27)/t23-/m1/s1. The molecule has 3 aromatic carbocycles. The van der Waals surface area contributed by atoms with E-state index in [4.69, 9.17) is 12.2 Å². The molecule has 3 aromatic rings. The largest absolute Gasteiger partial charge is 0.352 e. The van der Waals surface area contributed by atoms with Gasteiger partial charge in [-0.05, 0) is 53.9 Å². The highest BCUT2D eigenvalue weighted by Crippen LogP contribution is 2.23. The van der Waals surface area contributed by atoms with Crippen molar-refractivity contribution in [3.63, 3.8) is 0 Å². The van der Waals surface area contributed by atoms with Gasteiger partial charge < -0.3 is 10.6 Å². The van der Waals surface area contributed by atoms with Crippen molar-refractivity contribution < 1.29 is 0 Å². The van der Waals surface area contributed by atoms with Crippen LogP contribution in [0.5, 0.6) is 0 Å². The van der Waals surface area contributed by atoms with Gasteiger partial charge in [0, 0.05) is 5.69 Å². The molecule has 0 aliphatic carbocycles. The molecule has 0 saturated heterocycles. The SMILES string of the molecule is Cc1ccc([C@H](NC(=S)Nc2ccc(C(C)C)cc2)c2ccccc2)cc1. The molecule has 0 radical (unpaired) electrons. The summed E-state index contributed by atoms with van der Waals surface area (Å²) in [6.45, 7) is 6.49. The van der Waals surface area contributed by atoms with Gasteiger partial charge in [0.2, 0.25) is 0 Å². The lowest BCUT2D eigenvalue weighted by molar-refractivity contribution is 0.768. The normalized spacial score (nSPS) is 11.9. The smallest absolute Gasteiger partial charge is 0.171 e. The number of nitrogens with one attached hydrogen (secondary N) is 2. The van der Waals surface area contributed by atoms with Gasteiger partial charge in [-0.2, -0.15) is 0 Å². The molecule has 0 saturated carbocycles. The van der Waals surface area contributed by atoms with Gasteiger partial charge in [-0.25, -0.2) is 0 Å². The molecule has 27 heavy (non-hydrogen) atoms. The Balaban J connectivity index is 1.77. The van der Waals surface area contributed by atoms with Crippen molar-refractivity contribution in [2.45, 2.75) is 32.7 Å². The highest BCUT2D eigenvalue weighted by atomic mass is 32.1. The first-order chi connectivity index (χ1) is 13.0. The molecule has 3 heteroatoms. The van der Waals surface area contributed by atoms with Crippen molar-refractivity contribution in [2.75, 3.05) is 5.32 Å². The summed E-state index contributed by atoms with van der Waals surface area (Å²) in [5, 5.41) is 7.40. The maximum atomic E-state index is 5.60. The molecular formula is C24H26N2S. The van der Waals surface area contributed by atoms with E-state index in [1.165, 1.54) is 22.3 Å². The average molecular weight is 375 g/mol. The maximum Gasteiger partial charge on any atom is 0.171 e. The van der Waals surface area contributed by atoms with Gasteiger partial charge in [-0.15, -0.1) is 0 Å². The fourth-order valence-electron chi connectivity index (χ4n) is 3.01. The molecule has 0 heterocycles. The number of hydrogen-bond donors (Lipinski definition) is 2. The quantitative estimate of drug-likeness (QED) is 0.520. The number of hydrogen-bond acceptors (Lipinski definition) is 1. The minimum atomic E-state index is 0.00161. The number of anilines is 1. The molecule has 3 rings (SSSR count). The van der Waals surface area contributed by atoms with Crippen LogP contribution in [0.25, 0.3) is 0 Å². The van der Waals surface area contributed by atoms with Gasteiger partial charge in [0.25, 0.3) is 0 Å². The van der Waals surface area contributed by atoms with Gasteiger partial charge in [0.15, 0.2) is 5.11 Å². The summed E-state index contributed by atoms with van der Waals surface area (Å²) in [4.78, 5) is 0. The van der Waals surface area contributed by atoms with Crippen LogP contribution in [0.1, 0.15) is 48.1 Å². The zero-order chi connectivity index (χ0) is 19.2. The van der Waals surface area contributed by atoms with Crippen molar-refractivity contribution >= 4 is 23.0 Å². The Labute approximate surface area is 167 Å². The third kappa shape index (κ3) is 5.18. The van der Waals surface area contributed by atoms with Crippen LogP contribution in [-0.4, -0.2) is 5.11 Å². The molecule has 0 fully saturated rings. The topological polar surface area (TPSA) is 24.1 Å². The maximum absolute atomic E-state index is 5.60. The molecule has 0 aromatic heterocycles. The molecule has 138 valence electrons. The Morgan fingerprint density at radius 3 is 1.89 bits per heavy atom. The van der Waals surface area contributed by atoms with E-state index in [0.717, 1.165) is 5.69 Å². The van der Waals surface area contributed by atoms with Crippen LogP contribution in [0.15, 0.2) is 78.9 Å². The van der Waals surface area contributed by atoms with Crippen molar-refractivity contribution in [2.24, 2.45) is 0 Å². The van der Waals surface area contributed by atoms with E-state index in [-0.39, 0.29) is 6.04 Å². The monoisotopic (exact) mass is 374 g/mol. The minimum absolute atomic E-state index is 0.00161. The molecule has 0 amide bonds. The van der Waals surface area contributed by atoms with E-state index < -0.39 is 0 Å². The van der Waals surface area contributed by atoms with Gasteiger partial charge in [-0.3, -0.25) is 0 Å². The van der Waals surface area contributed by atoms with E-state index in [0.29, 0.717) is 11.0 Å². The lowest BCUT2D eigenvalue weighted by Crippen LogP contribution is -2.33.